The molecule has 0 unspecified atom stereocenters. The molecule has 2 N–H and O–H groups in total. The van der Waals surface area contributed by atoms with Gasteiger partial charge in [-0.2, -0.15) is 13.2 Å². The number of rotatable bonds is 6. The molecule has 0 bridgehead atoms. The van der Waals surface area contributed by atoms with Crippen LogP contribution in [0.1, 0.15) is 33.6 Å². The molecule has 3 nitrogen and oxygen atoms in total. The Kier molecular flexibility index (Phi) is 5.58. The van der Waals surface area contributed by atoms with E-state index in [-0.39, 0.29) is 0 Å². The van der Waals surface area contributed by atoms with E-state index < -0.39 is 17.6 Å². The van der Waals surface area contributed by atoms with Gasteiger partial charge in [0.15, 0.2) is 0 Å². The van der Waals surface area contributed by atoms with E-state index in [9.17, 15) is 18.0 Å². The van der Waals surface area contributed by atoms with Crippen molar-refractivity contribution in [2.45, 2.75) is 32.5 Å². The number of benzene rings is 2. The zero-order chi connectivity index (χ0) is 20.3. The fourth-order valence-corrected chi connectivity index (χ4v) is 3.34. The predicted octanol–water partition coefficient (Wildman–Crippen LogP) is 5.21. The number of primary amides is 1. The maximum absolute atomic E-state index is 12.8. The quantitative estimate of drug-likeness (QED) is 0.621. The van der Waals surface area contributed by atoms with E-state index >= 15 is 0 Å². The van der Waals surface area contributed by atoms with Gasteiger partial charge >= 0.3 is 6.18 Å². The normalized spacial score (nSPS) is 11.6. The number of nitrogens with two attached hydrogens (primary N) is 1. The molecule has 0 spiro atoms. The summed E-state index contributed by atoms with van der Waals surface area (Å²) in [6, 6.07) is 16.6. The number of nitrogens with zero attached hydrogens (tertiary/aromatic N) is 1. The number of carbonyl (C=O) groups is 1. The molecule has 2 aromatic carbocycles. The van der Waals surface area contributed by atoms with Crippen LogP contribution in [-0.4, -0.2) is 10.5 Å². The van der Waals surface area contributed by atoms with Gasteiger partial charge in [-0.3, -0.25) is 4.79 Å². The highest BCUT2D eigenvalue weighted by Gasteiger charge is 2.30. The van der Waals surface area contributed by atoms with Gasteiger partial charge in [-0.15, -0.1) is 0 Å². The molecule has 0 fully saturated rings. The van der Waals surface area contributed by atoms with Crippen molar-refractivity contribution in [3.05, 3.63) is 83.0 Å². The summed E-state index contributed by atoms with van der Waals surface area (Å²) < 4.78 is 40.5. The van der Waals surface area contributed by atoms with Crippen LogP contribution in [0.4, 0.5) is 13.2 Å². The third-order valence-electron chi connectivity index (χ3n) is 4.83. The number of aryl methyl sites for hydroxylation is 1. The minimum absolute atomic E-state index is 0.384. The van der Waals surface area contributed by atoms with Crippen molar-refractivity contribution in [2.24, 2.45) is 5.73 Å². The maximum atomic E-state index is 12.8. The molecule has 0 aliphatic rings. The lowest BCUT2D eigenvalue weighted by molar-refractivity contribution is -0.137. The topological polar surface area (TPSA) is 48.0 Å². The first-order valence-corrected chi connectivity index (χ1v) is 8.99. The fraction of sp³-hybridized carbons (Fsp3) is 0.227. The number of hydrogen-bond donors (Lipinski definition) is 1. The van der Waals surface area contributed by atoms with Gasteiger partial charge in [0.2, 0.25) is 0 Å². The lowest BCUT2D eigenvalue weighted by Gasteiger charge is -2.13. The van der Waals surface area contributed by atoms with Crippen molar-refractivity contribution in [1.82, 2.24) is 4.57 Å². The van der Waals surface area contributed by atoms with Crippen molar-refractivity contribution in [3.63, 3.8) is 0 Å². The zero-order valence-electron chi connectivity index (χ0n) is 15.5. The minimum Gasteiger partial charge on any atom is -0.366 e. The van der Waals surface area contributed by atoms with Crippen LogP contribution < -0.4 is 5.73 Å². The summed E-state index contributed by atoms with van der Waals surface area (Å²) in [6.07, 6.45) is -2.70. The molecule has 1 heterocycles. The second kappa shape index (κ2) is 7.92. The molecule has 28 heavy (non-hydrogen) atoms. The van der Waals surface area contributed by atoms with Gasteiger partial charge in [0.05, 0.1) is 11.1 Å². The first kappa shape index (κ1) is 19.7. The lowest BCUT2D eigenvalue weighted by Crippen LogP contribution is -2.12. The van der Waals surface area contributed by atoms with E-state index in [1.165, 1.54) is 17.7 Å². The third kappa shape index (κ3) is 4.27. The highest BCUT2D eigenvalue weighted by atomic mass is 19.4. The SMILES string of the molecule is Cc1c(C(N)=O)cc(-c2ccc(C(F)(F)F)cc2)n1CCCc1ccccc1. The second-order valence-electron chi connectivity index (χ2n) is 6.71. The molecular weight excluding hydrogens is 365 g/mol. The second-order valence-corrected chi connectivity index (χ2v) is 6.71. The number of hydrogen-bond acceptors (Lipinski definition) is 1. The Hall–Kier alpha value is -3.02. The molecule has 0 aliphatic heterocycles. The molecular formula is C22H21F3N2O. The summed E-state index contributed by atoms with van der Waals surface area (Å²) in [5.41, 5.74) is 8.38. The Morgan fingerprint density at radius 2 is 1.68 bits per heavy atom. The van der Waals surface area contributed by atoms with E-state index in [1.54, 1.807) is 13.0 Å². The average Bonchev–Trinajstić information content (AvgIpc) is 2.99. The van der Waals surface area contributed by atoms with Crippen LogP contribution in [0, 0.1) is 6.92 Å². The largest absolute Gasteiger partial charge is 0.416 e. The molecule has 0 atom stereocenters. The Labute approximate surface area is 161 Å². The number of halogens is 3. The summed E-state index contributed by atoms with van der Waals surface area (Å²) in [7, 11) is 0. The number of aromatic nitrogens is 1. The van der Waals surface area contributed by atoms with Crippen LogP contribution in [-0.2, 0) is 19.1 Å². The molecule has 146 valence electrons. The van der Waals surface area contributed by atoms with Crippen LogP contribution in [0.2, 0.25) is 0 Å². The molecule has 3 aromatic rings. The summed E-state index contributed by atoms with van der Waals surface area (Å²) in [4.78, 5) is 11.8. The molecule has 0 radical (unpaired) electrons. The Balaban J connectivity index is 1.89. The molecule has 6 heteroatoms. The maximum Gasteiger partial charge on any atom is 0.416 e. The van der Waals surface area contributed by atoms with Crippen molar-refractivity contribution in [1.29, 1.82) is 0 Å². The minimum atomic E-state index is -4.38. The first-order chi connectivity index (χ1) is 13.3. The number of alkyl halides is 3. The lowest BCUT2D eigenvalue weighted by atomic mass is 10.1. The summed E-state index contributed by atoms with van der Waals surface area (Å²) in [5, 5.41) is 0. The predicted molar refractivity (Wildman–Crippen MR) is 103 cm³/mol. The van der Waals surface area contributed by atoms with E-state index in [4.69, 9.17) is 5.73 Å². The monoisotopic (exact) mass is 386 g/mol. The van der Waals surface area contributed by atoms with Crippen LogP contribution in [0.3, 0.4) is 0 Å². The van der Waals surface area contributed by atoms with Crippen LogP contribution in [0.25, 0.3) is 11.3 Å². The van der Waals surface area contributed by atoms with Crippen molar-refractivity contribution < 1.29 is 18.0 Å². The molecule has 0 saturated heterocycles. The Morgan fingerprint density at radius 3 is 2.25 bits per heavy atom. The van der Waals surface area contributed by atoms with Gasteiger partial charge in [0.1, 0.15) is 0 Å². The average molecular weight is 386 g/mol. The van der Waals surface area contributed by atoms with Gasteiger partial charge < -0.3 is 10.3 Å². The van der Waals surface area contributed by atoms with Crippen molar-refractivity contribution >= 4 is 5.91 Å². The summed E-state index contributed by atoms with van der Waals surface area (Å²) in [5.74, 6) is -0.549. The molecule has 0 saturated carbocycles. The highest BCUT2D eigenvalue weighted by molar-refractivity contribution is 5.95. The van der Waals surface area contributed by atoms with Crippen molar-refractivity contribution in [2.75, 3.05) is 0 Å². The van der Waals surface area contributed by atoms with Gasteiger partial charge in [0, 0.05) is 17.9 Å². The van der Waals surface area contributed by atoms with Gasteiger partial charge in [-0.05, 0) is 49.1 Å². The smallest absolute Gasteiger partial charge is 0.366 e. The summed E-state index contributed by atoms with van der Waals surface area (Å²) in [6.45, 7) is 2.43. The molecule has 1 amide bonds. The van der Waals surface area contributed by atoms with Crippen molar-refractivity contribution in [3.8, 4) is 11.3 Å². The summed E-state index contributed by atoms with van der Waals surface area (Å²) >= 11 is 0. The van der Waals surface area contributed by atoms with Gasteiger partial charge in [-0.1, -0.05) is 42.5 Å². The highest BCUT2D eigenvalue weighted by Crippen LogP contribution is 2.32. The first-order valence-electron chi connectivity index (χ1n) is 8.99. The Bertz CT molecular complexity index is 958. The number of carbonyl (C=O) groups excluding carboxylic acids is 1. The van der Waals surface area contributed by atoms with Gasteiger partial charge in [0.25, 0.3) is 5.91 Å². The van der Waals surface area contributed by atoms with E-state index in [0.717, 1.165) is 30.7 Å². The van der Waals surface area contributed by atoms with Gasteiger partial charge in [-0.25, -0.2) is 0 Å². The van der Waals surface area contributed by atoms with Crippen LogP contribution >= 0.6 is 0 Å². The van der Waals surface area contributed by atoms with E-state index in [0.29, 0.717) is 23.4 Å². The standard InChI is InChI=1S/C22H21F3N2O/c1-15-19(21(26)28)14-20(17-9-11-18(12-10-17)22(23,24)25)27(15)13-5-8-16-6-3-2-4-7-16/h2-4,6-7,9-12,14H,5,8,13H2,1H3,(H2,26,28). The molecule has 0 aliphatic carbocycles. The molecule has 1 aromatic heterocycles. The third-order valence-corrected chi connectivity index (χ3v) is 4.83. The van der Waals surface area contributed by atoms with Crippen LogP contribution in [0.15, 0.2) is 60.7 Å². The fourth-order valence-electron chi connectivity index (χ4n) is 3.34. The Morgan fingerprint density at radius 1 is 1.04 bits per heavy atom. The molecule has 3 rings (SSSR count). The van der Waals surface area contributed by atoms with E-state index in [2.05, 4.69) is 0 Å². The van der Waals surface area contributed by atoms with E-state index in [1.807, 2.05) is 34.9 Å². The van der Waals surface area contributed by atoms with Crippen LogP contribution in [0.5, 0.6) is 0 Å². The zero-order valence-corrected chi connectivity index (χ0v) is 15.5. The number of amides is 1.